The molecular weight excluding hydrogens is 224 g/mol. The van der Waals surface area contributed by atoms with Crippen LogP contribution in [0.2, 0.25) is 0 Å². The van der Waals surface area contributed by atoms with Crippen molar-refractivity contribution in [1.29, 1.82) is 0 Å². The van der Waals surface area contributed by atoms with Gasteiger partial charge < -0.3 is 10.5 Å². The molecule has 0 fully saturated rings. The fraction of sp³-hybridized carbons (Fsp3) is 0.0909. The van der Waals surface area contributed by atoms with Crippen molar-refractivity contribution < 1.29 is 9.53 Å². The van der Waals surface area contributed by atoms with Gasteiger partial charge in [-0.3, -0.25) is 4.79 Å². The molecule has 0 saturated heterocycles. The summed E-state index contributed by atoms with van der Waals surface area (Å²) in [4.78, 5) is 15.1. The van der Waals surface area contributed by atoms with E-state index in [2.05, 4.69) is 4.98 Å². The molecule has 0 spiro atoms. The smallest absolute Gasteiger partial charge is 0.268 e. The molecule has 1 amide bonds. The Hall–Kier alpha value is -1.88. The molecule has 0 aliphatic heterocycles. The molecule has 1 aromatic heterocycles. The first-order valence-electron chi connectivity index (χ1n) is 4.60. The molecule has 82 valence electrons. The van der Waals surface area contributed by atoms with Gasteiger partial charge in [-0.15, -0.1) is 11.3 Å². The number of carbonyl (C=O) groups excluding carboxylic acids is 1. The van der Waals surface area contributed by atoms with Crippen LogP contribution in [-0.2, 0) is 0 Å². The lowest BCUT2D eigenvalue weighted by Gasteiger charge is -2.00. The summed E-state index contributed by atoms with van der Waals surface area (Å²) in [5, 5.41) is 2.41. The third-order valence-corrected chi connectivity index (χ3v) is 2.96. The van der Waals surface area contributed by atoms with Crippen molar-refractivity contribution >= 4 is 17.2 Å². The Balaban J connectivity index is 2.38. The number of nitrogens with two attached hydrogens (primary N) is 1. The van der Waals surface area contributed by atoms with Gasteiger partial charge >= 0.3 is 0 Å². The summed E-state index contributed by atoms with van der Waals surface area (Å²) in [6, 6.07) is 7.50. The zero-order valence-electron chi connectivity index (χ0n) is 8.64. The topological polar surface area (TPSA) is 65.2 Å². The second-order valence-corrected chi connectivity index (χ2v) is 3.99. The van der Waals surface area contributed by atoms with E-state index in [-0.39, 0.29) is 0 Å². The SMILES string of the molecule is COc1cccc(-c2nc(C(N)=O)cs2)c1. The van der Waals surface area contributed by atoms with Gasteiger partial charge in [-0.05, 0) is 12.1 Å². The van der Waals surface area contributed by atoms with Crippen molar-refractivity contribution in [2.75, 3.05) is 7.11 Å². The summed E-state index contributed by atoms with van der Waals surface area (Å²) in [5.74, 6) is 0.249. The van der Waals surface area contributed by atoms with Crippen molar-refractivity contribution in [2.24, 2.45) is 5.73 Å². The Morgan fingerprint density at radius 3 is 2.94 bits per heavy atom. The third kappa shape index (κ3) is 2.04. The summed E-state index contributed by atoms with van der Waals surface area (Å²) in [6.07, 6.45) is 0. The molecule has 0 atom stereocenters. The Bertz CT molecular complexity index is 522. The predicted molar refractivity (Wildman–Crippen MR) is 62.6 cm³/mol. The number of aromatic nitrogens is 1. The molecule has 1 aromatic carbocycles. The van der Waals surface area contributed by atoms with Crippen molar-refractivity contribution in [3.63, 3.8) is 0 Å². The van der Waals surface area contributed by atoms with Crippen LogP contribution in [0.5, 0.6) is 5.75 Å². The lowest BCUT2D eigenvalue weighted by atomic mass is 10.2. The van der Waals surface area contributed by atoms with Gasteiger partial charge in [0.25, 0.3) is 5.91 Å². The number of thiazole rings is 1. The predicted octanol–water partition coefficient (Wildman–Crippen LogP) is 1.92. The second kappa shape index (κ2) is 4.32. The summed E-state index contributed by atoms with van der Waals surface area (Å²) < 4.78 is 5.12. The van der Waals surface area contributed by atoms with Crippen LogP contribution >= 0.6 is 11.3 Å². The second-order valence-electron chi connectivity index (χ2n) is 3.13. The van der Waals surface area contributed by atoms with Crippen LogP contribution in [0.15, 0.2) is 29.6 Å². The molecule has 5 heteroatoms. The standard InChI is InChI=1S/C11H10N2O2S/c1-15-8-4-2-3-7(5-8)11-13-9(6-16-11)10(12)14/h2-6H,1H3,(H2,12,14). The van der Waals surface area contributed by atoms with Crippen LogP contribution in [0.25, 0.3) is 10.6 Å². The van der Waals surface area contributed by atoms with Crippen LogP contribution in [0.3, 0.4) is 0 Å². The fourth-order valence-corrected chi connectivity index (χ4v) is 2.08. The maximum atomic E-state index is 10.9. The van der Waals surface area contributed by atoms with Crippen LogP contribution in [0, 0.1) is 0 Å². The Morgan fingerprint density at radius 2 is 2.31 bits per heavy atom. The summed E-state index contributed by atoms with van der Waals surface area (Å²) in [7, 11) is 1.61. The molecule has 0 radical (unpaired) electrons. The van der Waals surface area contributed by atoms with E-state index in [0.29, 0.717) is 5.69 Å². The lowest BCUT2D eigenvalue weighted by Crippen LogP contribution is -2.10. The zero-order chi connectivity index (χ0) is 11.5. The molecule has 1 heterocycles. The molecule has 2 rings (SSSR count). The van der Waals surface area contributed by atoms with E-state index in [4.69, 9.17) is 10.5 Å². The van der Waals surface area contributed by atoms with Gasteiger partial charge in [0.15, 0.2) is 0 Å². The molecular formula is C11H10N2O2S. The molecule has 16 heavy (non-hydrogen) atoms. The van der Waals surface area contributed by atoms with Gasteiger partial charge in [-0.1, -0.05) is 12.1 Å². The van der Waals surface area contributed by atoms with E-state index in [9.17, 15) is 4.79 Å². The Labute approximate surface area is 96.7 Å². The Morgan fingerprint density at radius 1 is 1.50 bits per heavy atom. The minimum atomic E-state index is -0.509. The van der Waals surface area contributed by atoms with E-state index < -0.39 is 5.91 Å². The number of nitrogens with zero attached hydrogens (tertiary/aromatic N) is 1. The van der Waals surface area contributed by atoms with Gasteiger partial charge in [0.2, 0.25) is 0 Å². The van der Waals surface area contributed by atoms with Crippen molar-refractivity contribution in [2.45, 2.75) is 0 Å². The highest BCUT2D eigenvalue weighted by Crippen LogP contribution is 2.26. The van der Waals surface area contributed by atoms with Gasteiger partial charge in [0.1, 0.15) is 16.5 Å². The molecule has 2 aromatic rings. The van der Waals surface area contributed by atoms with Crippen molar-refractivity contribution in [3.05, 3.63) is 35.3 Å². The molecule has 0 unspecified atom stereocenters. The van der Waals surface area contributed by atoms with Crippen molar-refractivity contribution in [3.8, 4) is 16.3 Å². The molecule has 0 saturated carbocycles. The number of rotatable bonds is 3. The minimum absolute atomic E-state index is 0.294. The van der Waals surface area contributed by atoms with Gasteiger partial charge in [-0.2, -0.15) is 0 Å². The number of primary amides is 1. The first kappa shape index (κ1) is 10.6. The zero-order valence-corrected chi connectivity index (χ0v) is 9.45. The average molecular weight is 234 g/mol. The lowest BCUT2D eigenvalue weighted by molar-refractivity contribution is 0.0996. The molecule has 0 aliphatic carbocycles. The maximum Gasteiger partial charge on any atom is 0.268 e. The maximum absolute atomic E-state index is 10.9. The monoisotopic (exact) mass is 234 g/mol. The Kier molecular flexibility index (Phi) is 2.87. The van der Waals surface area contributed by atoms with Crippen LogP contribution in [0.4, 0.5) is 0 Å². The highest BCUT2D eigenvalue weighted by molar-refractivity contribution is 7.13. The summed E-state index contributed by atoms with van der Waals surface area (Å²) >= 11 is 1.38. The summed E-state index contributed by atoms with van der Waals surface area (Å²) in [6.45, 7) is 0. The molecule has 0 bridgehead atoms. The number of amides is 1. The molecule has 2 N–H and O–H groups in total. The average Bonchev–Trinajstić information content (AvgIpc) is 2.78. The van der Waals surface area contributed by atoms with Crippen LogP contribution in [-0.4, -0.2) is 18.0 Å². The van der Waals surface area contributed by atoms with E-state index in [1.165, 1.54) is 11.3 Å². The van der Waals surface area contributed by atoms with Crippen molar-refractivity contribution in [1.82, 2.24) is 4.98 Å². The van der Waals surface area contributed by atoms with Crippen LogP contribution in [0.1, 0.15) is 10.5 Å². The van der Waals surface area contributed by atoms with E-state index in [1.807, 2.05) is 24.3 Å². The minimum Gasteiger partial charge on any atom is -0.497 e. The first-order valence-corrected chi connectivity index (χ1v) is 5.48. The highest BCUT2D eigenvalue weighted by Gasteiger charge is 2.08. The number of hydrogen-bond acceptors (Lipinski definition) is 4. The van der Waals surface area contributed by atoms with E-state index in [0.717, 1.165) is 16.3 Å². The number of hydrogen-bond donors (Lipinski definition) is 1. The first-order chi connectivity index (χ1) is 7.70. The largest absolute Gasteiger partial charge is 0.497 e. The third-order valence-electron chi connectivity index (χ3n) is 2.07. The normalized spacial score (nSPS) is 10.1. The molecule has 4 nitrogen and oxygen atoms in total. The summed E-state index contributed by atoms with van der Waals surface area (Å²) in [5.41, 5.74) is 6.35. The highest BCUT2D eigenvalue weighted by atomic mass is 32.1. The number of methoxy groups -OCH3 is 1. The van der Waals surface area contributed by atoms with Gasteiger partial charge in [0.05, 0.1) is 7.11 Å². The number of carbonyl (C=O) groups is 1. The van der Waals surface area contributed by atoms with Gasteiger partial charge in [-0.25, -0.2) is 4.98 Å². The number of benzene rings is 1. The quantitative estimate of drug-likeness (QED) is 0.882. The number of ether oxygens (including phenoxy) is 1. The van der Waals surface area contributed by atoms with E-state index in [1.54, 1.807) is 12.5 Å². The molecule has 0 aliphatic rings. The van der Waals surface area contributed by atoms with Gasteiger partial charge in [0, 0.05) is 10.9 Å². The van der Waals surface area contributed by atoms with E-state index >= 15 is 0 Å². The fourth-order valence-electron chi connectivity index (χ4n) is 1.28. The van der Waals surface area contributed by atoms with Crippen LogP contribution < -0.4 is 10.5 Å².